The Bertz CT molecular complexity index is 3970. The van der Waals surface area contributed by atoms with Crippen molar-refractivity contribution >= 4 is 130 Å². The van der Waals surface area contributed by atoms with Crippen LogP contribution in [0, 0.1) is 66.3 Å². The number of thioether (sulfide) groups is 3. The van der Waals surface area contributed by atoms with Gasteiger partial charge in [0, 0.05) is 87.9 Å². The van der Waals surface area contributed by atoms with Crippen LogP contribution < -0.4 is 17.2 Å². The fraction of sp³-hybridized carbons (Fsp3) is 0.333. The van der Waals surface area contributed by atoms with Crippen LogP contribution in [-0.4, -0.2) is 104 Å². The van der Waals surface area contributed by atoms with E-state index < -0.39 is 58.0 Å². The number of rotatable bonds is 9. The van der Waals surface area contributed by atoms with Gasteiger partial charge < -0.3 is 31.9 Å². The molecule has 0 radical (unpaired) electrons. The van der Waals surface area contributed by atoms with Crippen LogP contribution in [0.2, 0.25) is 0 Å². The van der Waals surface area contributed by atoms with Crippen molar-refractivity contribution in [3.63, 3.8) is 0 Å². The molecule has 496 valence electrons. The Morgan fingerprint density at radius 1 is 0.591 bits per heavy atom. The summed E-state index contributed by atoms with van der Waals surface area (Å²) >= 11 is 11.2. The van der Waals surface area contributed by atoms with Gasteiger partial charge in [0.15, 0.2) is 25.2 Å². The van der Waals surface area contributed by atoms with Gasteiger partial charge in [-0.1, -0.05) is 109 Å². The zero-order chi connectivity index (χ0) is 68.1. The molecule has 3 saturated carbocycles. The van der Waals surface area contributed by atoms with Crippen LogP contribution in [0.5, 0.6) is 0 Å². The molecule has 0 bridgehead atoms. The molecule has 12 nitrogen and oxygen atoms in total. The van der Waals surface area contributed by atoms with Crippen LogP contribution >= 0.6 is 78.2 Å². The number of benzene rings is 5. The molecule has 9 atom stereocenters. The van der Waals surface area contributed by atoms with Crippen molar-refractivity contribution in [1.82, 2.24) is 14.7 Å². The molecule has 3 amide bonds. The van der Waals surface area contributed by atoms with Crippen molar-refractivity contribution in [2.45, 2.75) is 85.2 Å². The van der Waals surface area contributed by atoms with E-state index >= 15 is 0 Å². The molecule has 0 spiro atoms. The number of halogens is 8. The van der Waals surface area contributed by atoms with Gasteiger partial charge >= 0.3 is 33.1 Å². The van der Waals surface area contributed by atoms with E-state index in [0.29, 0.717) is 59.0 Å². The molecule has 5 aromatic rings. The number of amidine groups is 3. The quantitative estimate of drug-likeness (QED) is 0.0561. The van der Waals surface area contributed by atoms with Gasteiger partial charge in [-0.2, -0.15) is 8.78 Å². The van der Waals surface area contributed by atoms with E-state index in [1.54, 1.807) is 136 Å². The van der Waals surface area contributed by atoms with E-state index in [2.05, 4.69) is 45.5 Å². The standard InChI is InChI=1S/C25H23F2N3OS.C17H18F2IN3OS.C17H19F2N3OS.C9H8.CH4.Cu.HI/c1-24(21-15-25(21,22(31)30(2)3)32-23(28)29-24)19-14-17(10-12-20(19)27)13-18(26)11-9-16-7-5-4-6-8-16;1-16(10-6-9(7-13(19)20)4-5-11(10)18)12-8-17(12,14(24)23(2)3)25-15(21)22-16;1-16(11-8-10(6-7-18)4-5-12(11)19)13-9-17(13,14(23)22(2)3)24-15(20)21-16;1-3-9-6-4-8(2)5-7-9;;;/h4-8,10,12-14,21H,15H2,1-3H3,(H2,28,29);4-7,12H,8H2,1-3H3,(H2,21,22);4-8,13H,9H2,1-3H3,(H2,20,21);1,4-7H,2H3;1H4;;1H/q;;;;;+1;/p-1/b18-13-;13-7+;7-6-;;;;/t21-,24+,25-;12-,16+,17-;13-,16+,17-;;;;/m000..../s1. The molecule has 0 aromatic heterocycles. The number of allylic oxidation sites excluding steroid dienone is 1. The molecule has 0 unspecified atom stereocenters. The molecule has 3 heterocycles. The van der Waals surface area contributed by atoms with E-state index in [4.69, 9.17) is 23.6 Å². The van der Waals surface area contributed by atoms with E-state index in [-0.39, 0.29) is 64.0 Å². The summed E-state index contributed by atoms with van der Waals surface area (Å²) in [5, 5.41) is 0.788. The van der Waals surface area contributed by atoms with Crippen molar-refractivity contribution in [1.29, 1.82) is 0 Å². The normalized spacial score (nSPS) is 26.5. The summed E-state index contributed by atoms with van der Waals surface area (Å²) in [5.74, 6) is 5.14. The molecule has 5 aromatic carbocycles. The van der Waals surface area contributed by atoms with Crippen LogP contribution in [0.15, 0.2) is 140 Å². The van der Waals surface area contributed by atoms with Crippen LogP contribution in [0.1, 0.15) is 97.5 Å². The number of hydrogen-bond acceptors (Lipinski definition) is 12. The predicted octanol–water partition coefficient (Wildman–Crippen LogP) is 14.3. The third-order valence-electron chi connectivity index (χ3n) is 16.7. The Labute approximate surface area is 587 Å². The third-order valence-corrected chi connectivity index (χ3v) is 20.9. The number of carbonyl (C=O) groups excluding carboxylic acids is 3. The number of fused-ring (bicyclic) bond motifs is 3. The van der Waals surface area contributed by atoms with Gasteiger partial charge in [0.1, 0.15) is 31.7 Å². The first-order chi connectivity index (χ1) is 43.3. The molecule has 11 rings (SSSR count). The number of aliphatic imine (C=N–C) groups is 3. The van der Waals surface area contributed by atoms with Crippen LogP contribution in [0.3, 0.4) is 0 Å². The Morgan fingerprint density at radius 3 is 1.29 bits per heavy atom. The molecule has 6 aliphatic rings. The van der Waals surface area contributed by atoms with E-state index in [0.717, 1.165) is 5.56 Å². The number of amides is 3. The van der Waals surface area contributed by atoms with Crippen molar-refractivity contribution < 1.29 is 53.5 Å². The number of terminal acetylenes is 1. The first-order valence-electron chi connectivity index (χ1n) is 28.4. The van der Waals surface area contributed by atoms with Gasteiger partial charge in [-0.25, -0.2) is 17.6 Å². The average Bonchev–Trinajstić information content (AvgIpc) is 1.55. The van der Waals surface area contributed by atoms with Crippen molar-refractivity contribution in [3.8, 4) is 24.2 Å². The second-order valence-corrected chi connectivity index (χ2v) is 28.8. The molecular weight excluding hydrogens is 1530 g/mol. The molecule has 3 fully saturated rings. The average molecular weight is 1600 g/mol. The summed E-state index contributed by atoms with van der Waals surface area (Å²) in [5.41, 5.74) is 20.5. The fourth-order valence-corrected chi connectivity index (χ4v) is 16.9. The van der Waals surface area contributed by atoms with Gasteiger partial charge in [0.05, 0.1) is 22.9 Å². The number of nitrogens with two attached hydrogens (primary N) is 3. The first kappa shape index (κ1) is 75.9. The maximum absolute atomic E-state index is 15.0. The minimum atomic E-state index is -1.03. The van der Waals surface area contributed by atoms with E-state index in [1.165, 1.54) is 110 Å². The van der Waals surface area contributed by atoms with Crippen molar-refractivity contribution in [2.75, 3.05) is 42.3 Å². The van der Waals surface area contributed by atoms with Gasteiger partial charge in [0.2, 0.25) is 17.7 Å². The van der Waals surface area contributed by atoms with Gasteiger partial charge in [-0.15, -0.1) is 6.42 Å². The topological polar surface area (TPSA) is 176 Å². The zero-order valence-corrected chi connectivity index (χ0v) is 59.5. The predicted molar refractivity (Wildman–Crippen MR) is 383 cm³/mol. The number of carbonyl (C=O) groups is 3. The number of nitrogens with zero attached hydrogens (tertiary/aromatic N) is 6. The Kier molecular flexibility index (Phi) is 25.1. The van der Waals surface area contributed by atoms with Gasteiger partial charge in [-0.05, 0) is 171 Å². The van der Waals surface area contributed by atoms with Crippen LogP contribution in [-0.2, 0) is 43.8 Å². The Morgan fingerprint density at radius 2 is 0.946 bits per heavy atom. The number of aryl methyl sites for hydroxylation is 1. The molecule has 3 aliphatic heterocycles. The van der Waals surface area contributed by atoms with Gasteiger partial charge in [-0.3, -0.25) is 29.4 Å². The van der Waals surface area contributed by atoms with Gasteiger partial charge in [0.25, 0.3) is 0 Å². The Balaban J connectivity index is 0.000000205. The van der Waals surface area contributed by atoms with Crippen molar-refractivity contribution in [2.24, 2.45) is 49.9 Å². The zero-order valence-electron chi connectivity index (χ0n) is 51.8. The summed E-state index contributed by atoms with van der Waals surface area (Å²) in [4.78, 5) is 56.3. The maximum atomic E-state index is 15.0. The first-order valence-corrected chi connectivity index (χ1v) is 35.0. The monoisotopic (exact) mass is 1600 g/mol. The second-order valence-electron chi connectivity index (χ2n) is 23.7. The molecular formula is C69H72CuF6I2N9O3S3. The fourth-order valence-electron chi connectivity index (χ4n) is 12.1. The molecule has 6 N–H and O–H groups in total. The molecule has 93 heavy (non-hydrogen) atoms. The molecule has 3 aliphatic carbocycles. The summed E-state index contributed by atoms with van der Waals surface area (Å²) in [6.07, 6.45) is 11.1. The van der Waals surface area contributed by atoms with E-state index in [1.807, 2.05) is 49.4 Å². The SMILES string of the molecule is C.C#Cc1ccc(C)cc1.CN(C)C(=O)[C@]12C[C@H]1[C@@](C)(c1cc(/C=C(\F)C#Cc3ccccc3)ccc1F)N=C(N)S2.CN(C)C(=O)[C@]12C[C@H]1[C@@](C)(c1cc(/C=C(\F)I)ccc1F)N=C(N)S2.CN(C)C(=O)[C@]12C[C@H]1[C@@](C)(c1cc(/C=C\F)ccc1F)N=C(N)S2.[Cu][I]. The van der Waals surface area contributed by atoms with E-state index in [9.17, 15) is 40.7 Å². The van der Waals surface area contributed by atoms with Crippen LogP contribution in [0.25, 0.3) is 18.2 Å². The molecule has 24 heteroatoms. The summed E-state index contributed by atoms with van der Waals surface area (Å²) in [6.45, 7) is 7.41. The number of hydrogen-bond donors (Lipinski definition) is 3. The third kappa shape index (κ3) is 16.4. The minimum absolute atomic E-state index is 0. The summed E-state index contributed by atoms with van der Waals surface area (Å²) in [7, 11) is 10.2. The Hall–Kier alpha value is -6.13. The second kappa shape index (κ2) is 30.7. The molecule has 0 saturated heterocycles. The van der Waals surface area contributed by atoms with Crippen molar-refractivity contribution in [3.05, 3.63) is 193 Å². The van der Waals surface area contributed by atoms with Crippen LogP contribution in [0.4, 0.5) is 26.3 Å². The summed E-state index contributed by atoms with van der Waals surface area (Å²) < 4.78 is 81.7. The summed E-state index contributed by atoms with van der Waals surface area (Å²) in [6, 6.07) is 30.1.